The van der Waals surface area contributed by atoms with Gasteiger partial charge in [0.2, 0.25) is 0 Å². The Morgan fingerprint density at radius 3 is 2.76 bits per heavy atom. The first-order valence-electron chi connectivity index (χ1n) is 6.66. The molecular formula is C15H21IN4S. The molecule has 0 spiro atoms. The molecule has 21 heavy (non-hydrogen) atoms. The van der Waals surface area contributed by atoms with Gasteiger partial charge in [-0.15, -0.1) is 35.3 Å². The van der Waals surface area contributed by atoms with E-state index in [0.717, 1.165) is 25.5 Å². The van der Waals surface area contributed by atoms with Crippen LogP contribution in [-0.4, -0.2) is 24.5 Å². The molecule has 0 saturated carbocycles. The van der Waals surface area contributed by atoms with E-state index in [1.807, 2.05) is 23.6 Å². The third-order valence-corrected chi connectivity index (χ3v) is 3.88. The van der Waals surface area contributed by atoms with E-state index < -0.39 is 0 Å². The molecule has 0 atom stereocenters. The summed E-state index contributed by atoms with van der Waals surface area (Å²) in [4.78, 5) is 11.0. The molecule has 0 radical (unpaired) electrons. The van der Waals surface area contributed by atoms with Gasteiger partial charge >= 0.3 is 0 Å². The van der Waals surface area contributed by atoms with Crippen LogP contribution in [0.5, 0.6) is 0 Å². The topological polar surface area (TPSA) is 49.3 Å². The molecule has 0 bridgehead atoms. The molecule has 2 N–H and O–H groups in total. The molecule has 2 aromatic heterocycles. The second-order valence-corrected chi connectivity index (χ2v) is 5.85. The maximum absolute atomic E-state index is 4.22. The highest BCUT2D eigenvalue weighted by Crippen LogP contribution is 2.14. The van der Waals surface area contributed by atoms with Gasteiger partial charge in [0.25, 0.3) is 0 Å². The largest absolute Gasteiger partial charge is 0.356 e. The summed E-state index contributed by atoms with van der Waals surface area (Å²) in [7, 11) is 1.79. The fourth-order valence-corrected chi connectivity index (χ4v) is 2.67. The highest BCUT2D eigenvalue weighted by atomic mass is 127. The number of rotatable bonds is 5. The predicted octanol–water partition coefficient (Wildman–Crippen LogP) is 2.98. The summed E-state index contributed by atoms with van der Waals surface area (Å²) >= 11 is 1.81. The van der Waals surface area contributed by atoms with Gasteiger partial charge in [0.1, 0.15) is 0 Å². The van der Waals surface area contributed by atoms with Gasteiger partial charge in [-0.2, -0.15) is 0 Å². The summed E-state index contributed by atoms with van der Waals surface area (Å²) in [6.45, 7) is 3.77. The highest BCUT2D eigenvalue weighted by molar-refractivity contribution is 14.0. The zero-order chi connectivity index (χ0) is 14.2. The van der Waals surface area contributed by atoms with Crippen LogP contribution in [0.2, 0.25) is 0 Å². The van der Waals surface area contributed by atoms with Gasteiger partial charge in [0, 0.05) is 35.7 Å². The minimum atomic E-state index is 0. The molecule has 114 valence electrons. The molecule has 0 saturated heterocycles. The van der Waals surface area contributed by atoms with Crippen molar-refractivity contribution in [3.05, 3.63) is 52.0 Å². The first-order chi connectivity index (χ1) is 9.78. The molecule has 0 fully saturated rings. The van der Waals surface area contributed by atoms with Crippen LogP contribution in [0.15, 0.2) is 41.7 Å². The number of thiophene rings is 1. The van der Waals surface area contributed by atoms with Crippen LogP contribution in [0.3, 0.4) is 0 Å². The van der Waals surface area contributed by atoms with Crippen molar-refractivity contribution in [2.45, 2.75) is 19.9 Å². The Hall–Kier alpha value is -1.15. The maximum Gasteiger partial charge on any atom is 0.191 e. The minimum Gasteiger partial charge on any atom is -0.356 e. The zero-order valence-electron chi connectivity index (χ0n) is 12.3. The Bertz CT molecular complexity index is 554. The van der Waals surface area contributed by atoms with Crippen molar-refractivity contribution in [2.24, 2.45) is 4.99 Å². The monoisotopic (exact) mass is 416 g/mol. The van der Waals surface area contributed by atoms with Gasteiger partial charge in [-0.1, -0.05) is 6.07 Å². The van der Waals surface area contributed by atoms with E-state index in [2.05, 4.69) is 45.7 Å². The summed E-state index contributed by atoms with van der Waals surface area (Å²) in [6.07, 6.45) is 4.62. The molecule has 0 aliphatic heterocycles. The number of aryl methyl sites for hydroxylation is 1. The number of hydrogen-bond donors (Lipinski definition) is 2. The van der Waals surface area contributed by atoms with E-state index in [4.69, 9.17) is 0 Å². The van der Waals surface area contributed by atoms with E-state index in [0.29, 0.717) is 0 Å². The Kier molecular flexibility index (Phi) is 8.29. The summed E-state index contributed by atoms with van der Waals surface area (Å²) in [5, 5.41) is 6.63. The van der Waals surface area contributed by atoms with Gasteiger partial charge in [0.15, 0.2) is 5.96 Å². The quantitative estimate of drug-likeness (QED) is 0.448. The molecule has 0 aliphatic carbocycles. The van der Waals surface area contributed by atoms with E-state index in [9.17, 15) is 0 Å². The van der Waals surface area contributed by atoms with Crippen LogP contribution in [-0.2, 0) is 13.0 Å². The Balaban J connectivity index is 0.00000220. The number of aromatic nitrogens is 1. The first-order valence-corrected chi connectivity index (χ1v) is 7.48. The van der Waals surface area contributed by atoms with E-state index in [1.54, 1.807) is 13.2 Å². The molecule has 0 unspecified atom stereocenters. The number of halogens is 1. The standard InChI is InChI=1S/C15H20N4S.HI/c1-12-5-6-14(20-12)11-19-15(16-2)18-9-7-13-4-3-8-17-10-13;/h3-6,8,10H,7,9,11H2,1-2H3,(H2,16,18,19);1H. The predicted molar refractivity (Wildman–Crippen MR) is 101 cm³/mol. The lowest BCUT2D eigenvalue weighted by atomic mass is 10.2. The number of guanidine groups is 1. The number of nitrogens with zero attached hydrogens (tertiary/aromatic N) is 2. The van der Waals surface area contributed by atoms with Crippen molar-refractivity contribution >= 4 is 41.3 Å². The second-order valence-electron chi connectivity index (χ2n) is 4.48. The van der Waals surface area contributed by atoms with E-state index in [1.165, 1.54) is 15.3 Å². The molecule has 2 rings (SSSR count). The molecular weight excluding hydrogens is 395 g/mol. The van der Waals surface area contributed by atoms with Crippen LogP contribution in [0.25, 0.3) is 0 Å². The zero-order valence-corrected chi connectivity index (χ0v) is 15.4. The molecule has 0 aromatic carbocycles. The molecule has 2 heterocycles. The molecule has 0 amide bonds. The third kappa shape index (κ3) is 6.43. The molecule has 4 nitrogen and oxygen atoms in total. The van der Waals surface area contributed by atoms with Crippen molar-refractivity contribution in [1.29, 1.82) is 0 Å². The third-order valence-electron chi connectivity index (χ3n) is 2.88. The maximum atomic E-state index is 4.22. The van der Waals surface area contributed by atoms with Gasteiger partial charge in [-0.3, -0.25) is 9.98 Å². The lowest BCUT2D eigenvalue weighted by Gasteiger charge is -2.11. The molecule has 6 heteroatoms. The van der Waals surface area contributed by atoms with Crippen LogP contribution in [0.4, 0.5) is 0 Å². The number of aliphatic imine (C=N–C) groups is 1. The summed E-state index contributed by atoms with van der Waals surface area (Å²) in [5.41, 5.74) is 1.23. The normalized spacial score (nSPS) is 10.9. The molecule has 0 aliphatic rings. The van der Waals surface area contributed by atoms with Gasteiger partial charge in [-0.25, -0.2) is 0 Å². The fraction of sp³-hybridized carbons (Fsp3) is 0.333. The Morgan fingerprint density at radius 1 is 1.29 bits per heavy atom. The van der Waals surface area contributed by atoms with Crippen molar-refractivity contribution in [1.82, 2.24) is 15.6 Å². The smallest absolute Gasteiger partial charge is 0.191 e. The summed E-state index contributed by atoms with van der Waals surface area (Å²) in [5.74, 6) is 0.833. The lowest BCUT2D eigenvalue weighted by Crippen LogP contribution is -2.37. The average molecular weight is 416 g/mol. The SMILES string of the molecule is CN=C(NCCc1cccnc1)NCc1ccc(C)s1.I. The van der Waals surface area contributed by atoms with E-state index in [-0.39, 0.29) is 24.0 Å². The van der Waals surface area contributed by atoms with Crippen LogP contribution >= 0.6 is 35.3 Å². The van der Waals surface area contributed by atoms with Crippen molar-refractivity contribution in [3.63, 3.8) is 0 Å². The van der Waals surface area contributed by atoms with Crippen molar-refractivity contribution in [3.8, 4) is 0 Å². The number of hydrogen-bond acceptors (Lipinski definition) is 3. The van der Waals surface area contributed by atoms with Crippen LogP contribution < -0.4 is 10.6 Å². The van der Waals surface area contributed by atoms with Crippen molar-refractivity contribution in [2.75, 3.05) is 13.6 Å². The second kappa shape index (κ2) is 9.73. The number of nitrogens with one attached hydrogen (secondary N) is 2. The fourth-order valence-electron chi connectivity index (χ4n) is 1.84. The highest BCUT2D eigenvalue weighted by Gasteiger charge is 2.00. The van der Waals surface area contributed by atoms with Crippen molar-refractivity contribution < 1.29 is 0 Å². The lowest BCUT2D eigenvalue weighted by molar-refractivity contribution is 0.797. The van der Waals surface area contributed by atoms with E-state index >= 15 is 0 Å². The Labute approximate surface area is 147 Å². The summed E-state index contributed by atoms with van der Waals surface area (Å²) < 4.78 is 0. The number of pyridine rings is 1. The first kappa shape index (κ1) is 17.9. The Morgan fingerprint density at radius 2 is 2.14 bits per heavy atom. The average Bonchev–Trinajstić information content (AvgIpc) is 2.89. The minimum absolute atomic E-state index is 0. The van der Waals surface area contributed by atoms with Gasteiger partial charge in [-0.05, 0) is 37.1 Å². The van der Waals surface area contributed by atoms with Crippen LogP contribution in [0, 0.1) is 6.92 Å². The molecule has 2 aromatic rings. The van der Waals surface area contributed by atoms with Gasteiger partial charge < -0.3 is 10.6 Å². The summed E-state index contributed by atoms with van der Waals surface area (Å²) in [6, 6.07) is 8.33. The van der Waals surface area contributed by atoms with Crippen LogP contribution in [0.1, 0.15) is 15.3 Å². The van der Waals surface area contributed by atoms with Gasteiger partial charge in [0.05, 0.1) is 6.54 Å².